The number of carbonyl (C=O) groups is 1. The van der Waals surface area contributed by atoms with E-state index in [2.05, 4.69) is 15.5 Å². The number of hydrogen-bond donors (Lipinski definition) is 0. The normalized spacial score (nSPS) is 21.5. The first-order valence-corrected chi connectivity index (χ1v) is 11.6. The maximum Gasteiger partial charge on any atom is 0.306 e. The Labute approximate surface area is 184 Å². The number of nitrogens with zero attached hydrogens (tertiary/aromatic N) is 4. The minimum absolute atomic E-state index is 0.190. The van der Waals surface area contributed by atoms with Crippen molar-refractivity contribution in [3.05, 3.63) is 35.7 Å². The molecule has 2 unspecified atom stereocenters. The van der Waals surface area contributed by atoms with E-state index in [9.17, 15) is 4.79 Å². The molecule has 0 radical (unpaired) electrons. The van der Waals surface area contributed by atoms with Crippen LogP contribution in [0.3, 0.4) is 0 Å². The quantitative estimate of drug-likeness (QED) is 0.610. The maximum absolute atomic E-state index is 11.9. The predicted octanol–water partition coefficient (Wildman–Crippen LogP) is 4.42. The largest absolute Gasteiger partial charge is 0.493 e. The summed E-state index contributed by atoms with van der Waals surface area (Å²) in [5.41, 5.74) is 1.56. The standard InChI is InChI=1S/C24H34N4O3/c1-28-23(25-26-27-28)21(15-22(29)30-2)19-8-10-20(11-9-19)31-17-18-7-6-14-24(16-18)12-4-3-5-13-24/h8-11,18,21H,3-7,12-17H2,1-2H3. The molecule has 0 N–H and O–H groups in total. The zero-order valence-electron chi connectivity index (χ0n) is 18.8. The third kappa shape index (κ3) is 5.25. The highest BCUT2D eigenvalue weighted by Crippen LogP contribution is 2.49. The fourth-order valence-electron chi connectivity index (χ4n) is 5.63. The molecule has 1 aromatic heterocycles. The minimum Gasteiger partial charge on any atom is -0.493 e. The third-order valence-corrected chi connectivity index (χ3v) is 7.29. The number of benzene rings is 1. The van der Waals surface area contributed by atoms with E-state index in [1.165, 1.54) is 64.9 Å². The van der Waals surface area contributed by atoms with Gasteiger partial charge in [0.15, 0.2) is 5.82 Å². The number of aryl methyl sites for hydroxylation is 1. The van der Waals surface area contributed by atoms with Crippen LogP contribution in [0.4, 0.5) is 0 Å². The van der Waals surface area contributed by atoms with Gasteiger partial charge in [-0.25, -0.2) is 4.68 Å². The molecule has 1 spiro atoms. The van der Waals surface area contributed by atoms with Crippen LogP contribution < -0.4 is 4.74 Å². The van der Waals surface area contributed by atoms with Gasteiger partial charge in [0.2, 0.25) is 0 Å². The van der Waals surface area contributed by atoms with Crippen LogP contribution in [0.1, 0.15) is 81.5 Å². The number of rotatable bonds is 7. The minimum atomic E-state index is -0.290. The van der Waals surface area contributed by atoms with Crippen LogP contribution in [0.5, 0.6) is 5.75 Å². The van der Waals surface area contributed by atoms with Crippen molar-refractivity contribution in [1.29, 1.82) is 0 Å². The van der Waals surface area contributed by atoms with Crippen LogP contribution in [-0.4, -0.2) is 39.9 Å². The molecule has 4 rings (SSSR count). The molecule has 168 valence electrons. The number of hydrogen-bond acceptors (Lipinski definition) is 6. The maximum atomic E-state index is 11.9. The Kier molecular flexibility index (Phi) is 6.88. The first-order chi connectivity index (χ1) is 15.1. The molecule has 1 aromatic carbocycles. The van der Waals surface area contributed by atoms with Crippen molar-refractivity contribution in [2.45, 2.75) is 70.1 Å². The molecule has 1 heterocycles. The number of tetrazole rings is 1. The smallest absolute Gasteiger partial charge is 0.306 e. The van der Waals surface area contributed by atoms with E-state index in [4.69, 9.17) is 9.47 Å². The van der Waals surface area contributed by atoms with Gasteiger partial charge in [-0.3, -0.25) is 4.79 Å². The Morgan fingerprint density at radius 2 is 1.90 bits per heavy atom. The highest BCUT2D eigenvalue weighted by atomic mass is 16.5. The summed E-state index contributed by atoms with van der Waals surface area (Å²) in [6.45, 7) is 0.792. The van der Waals surface area contributed by atoms with Crippen molar-refractivity contribution in [3.63, 3.8) is 0 Å². The van der Waals surface area contributed by atoms with Gasteiger partial charge >= 0.3 is 5.97 Å². The Morgan fingerprint density at radius 3 is 2.58 bits per heavy atom. The first kappa shape index (κ1) is 21.8. The lowest BCUT2D eigenvalue weighted by molar-refractivity contribution is -0.140. The first-order valence-electron chi connectivity index (χ1n) is 11.6. The van der Waals surface area contributed by atoms with Crippen LogP contribution in [0, 0.1) is 11.3 Å². The second-order valence-electron chi connectivity index (χ2n) is 9.40. The van der Waals surface area contributed by atoms with Crippen LogP contribution in [-0.2, 0) is 16.6 Å². The highest BCUT2D eigenvalue weighted by Gasteiger charge is 2.37. The average molecular weight is 427 g/mol. The Hall–Kier alpha value is -2.44. The number of ether oxygens (including phenoxy) is 2. The summed E-state index contributed by atoms with van der Waals surface area (Å²) in [4.78, 5) is 11.9. The van der Waals surface area contributed by atoms with Gasteiger partial charge in [-0.1, -0.05) is 37.8 Å². The fraction of sp³-hybridized carbons (Fsp3) is 0.667. The Morgan fingerprint density at radius 1 is 1.16 bits per heavy atom. The van der Waals surface area contributed by atoms with Crippen molar-refractivity contribution >= 4 is 5.97 Å². The van der Waals surface area contributed by atoms with E-state index in [1.807, 2.05) is 24.3 Å². The van der Waals surface area contributed by atoms with E-state index in [-0.39, 0.29) is 18.3 Å². The summed E-state index contributed by atoms with van der Waals surface area (Å²) < 4.78 is 12.7. The number of carbonyl (C=O) groups excluding carboxylic acids is 1. The van der Waals surface area contributed by atoms with E-state index in [1.54, 1.807) is 11.7 Å². The molecule has 0 saturated heterocycles. The fourth-order valence-corrected chi connectivity index (χ4v) is 5.63. The second-order valence-corrected chi connectivity index (χ2v) is 9.40. The molecule has 2 atom stereocenters. The highest BCUT2D eigenvalue weighted by molar-refractivity contribution is 5.71. The lowest BCUT2D eigenvalue weighted by Crippen LogP contribution is -2.33. The summed E-state index contributed by atoms with van der Waals surface area (Å²) in [6, 6.07) is 7.98. The molecule has 7 nitrogen and oxygen atoms in total. The summed E-state index contributed by atoms with van der Waals surface area (Å²) in [5.74, 6) is 1.62. The van der Waals surface area contributed by atoms with Crippen molar-refractivity contribution in [2.75, 3.05) is 13.7 Å². The van der Waals surface area contributed by atoms with Gasteiger partial charge in [-0.15, -0.1) is 5.10 Å². The van der Waals surface area contributed by atoms with Crippen LogP contribution >= 0.6 is 0 Å². The van der Waals surface area contributed by atoms with Gasteiger partial charge < -0.3 is 9.47 Å². The van der Waals surface area contributed by atoms with E-state index in [0.29, 0.717) is 17.2 Å². The summed E-state index contributed by atoms with van der Waals surface area (Å²) in [5, 5.41) is 11.7. The summed E-state index contributed by atoms with van der Waals surface area (Å²) in [6.07, 6.45) is 12.6. The summed E-state index contributed by atoms with van der Waals surface area (Å²) in [7, 11) is 3.17. The molecule has 0 bridgehead atoms. The molecule has 2 fully saturated rings. The Balaban J connectivity index is 1.39. The van der Waals surface area contributed by atoms with E-state index < -0.39 is 0 Å². The third-order valence-electron chi connectivity index (χ3n) is 7.29. The second kappa shape index (κ2) is 9.79. The topological polar surface area (TPSA) is 79.1 Å². The SMILES string of the molecule is COC(=O)CC(c1ccc(OCC2CCCC3(CCCCC3)C2)cc1)c1nnnn1C. The number of methoxy groups -OCH3 is 1. The molecular weight excluding hydrogens is 392 g/mol. The van der Waals surface area contributed by atoms with Crippen molar-refractivity contribution in [3.8, 4) is 5.75 Å². The summed E-state index contributed by atoms with van der Waals surface area (Å²) >= 11 is 0. The van der Waals surface area contributed by atoms with Gasteiger partial charge in [0.1, 0.15) is 5.75 Å². The molecule has 2 aliphatic rings. The van der Waals surface area contributed by atoms with Crippen molar-refractivity contribution < 1.29 is 14.3 Å². The molecule has 2 aliphatic carbocycles. The van der Waals surface area contributed by atoms with Gasteiger partial charge in [-0.05, 0) is 71.6 Å². The lowest BCUT2D eigenvalue weighted by Gasteiger charge is -2.43. The molecule has 0 amide bonds. The number of esters is 1. The van der Waals surface area contributed by atoms with Gasteiger partial charge in [-0.2, -0.15) is 0 Å². The zero-order valence-corrected chi connectivity index (χ0v) is 18.8. The Bertz CT molecular complexity index is 852. The van der Waals surface area contributed by atoms with Crippen LogP contribution in [0.2, 0.25) is 0 Å². The zero-order chi connectivity index (χ0) is 21.7. The predicted molar refractivity (Wildman–Crippen MR) is 117 cm³/mol. The van der Waals surface area contributed by atoms with Crippen LogP contribution in [0.25, 0.3) is 0 Å². The van der Waals surface area contributed by atoms with E-state index in [0.717, 1.165) is 17.9 Å². The lowest BCUT2D eigenvalue weighted by atomic mass is 9.63. The van der Waals surface area contributed by atoms with Gasteiger partial charge in [0.05, 0.1) is 26.1 Å². The molecular formula is C24H34N4O3. The van der Waals surface area contributed by atoms with Crippen molar-refractivity contribution in [2.24, 2.45) is 18.4 Å². The van der Waals surface area contributed by atoms with Crippen molar-refractivity contribution in [1.82, 2.24) is 20.2 Å². The number of aromatic nitrogens is 4. The molecule has 2 saturated carbocycles. The average Bonchev–Trinajstić information content (AvgIpc) is 3.22. The molecule has 31 heavy (non-hydrogen) atoms. The molecule has 2 aromatic rings. The van der Waals surface area contributed by atoms with Gasteiger partial charge in [0.25, 0.3) is 0 Å². The van der Waals surface area contributed by atoms with Gasteiger partial charge in [0, 0.05) is 7.05 Å². The monoisotopic (exact) mass is 426 g/mol. The van der Waals surface area contributed by atoms with Crippen LogP contribution in [0.15, 0.2) is 24.3 Å². The molecule has 0 aliphatic heterocycles. The molecule has 7 heteroatoms. The van der Waals surface area contributed by atoms with E-state index >= 15 is 0 Å².